The third kappa shape index (κ3) is 2.04. The Balaban J connectivity index is 3.33. The summed E-state index contributed by atoms with van der Waals surface area (Å²) in [4.78, 5) is -0.403. The average Bonchev–Trinajstić information content (AvgIpc) is 2.02. The topological polar surface area (TPSA) is 23.8 Å². The van der Waals surface area contributed by atoms with Gasteiger partial charge in [-0.2, -0.15) is 5.26 Å². The van der Waals surface area contributed by atoms with Crippen LogP contribution in [0.4, 0.5) is 8.78 Å². The normalized spacial score (nSPS) is 12.2. The van der Waals surface area contributed by atoms with Gasteiger partial charge >= 0.3 is 0 Å². The van der Waals surface area contributed by atoms with Crippen molar-refractivity contribution >= 4 is 15.9 Å². The molecule has 0 aromatic heterocycles. The van der Waals surface area contributed by atoms with E-state index in [0.717, 1.165) is 12.1 Å². The number of rotatable bonds is 1. The Hall–Kier alpha value is -0.950. The minimum Gasteiger partial charge on any atom is -0.206 e. The van der Waals surface area contributed by atoms with Gasteiger partial charge in [-0.05, 0) is 19.1 Å². The summed E-state index contributed by atoms with van der Waals surface area (Å²) in [6.07, 6.45) is 0. The maximum absolute atomic E-state index is 13.1. The summed E-state index contributed by atoms with van der Waals surface area (Å²) in [6.45, 7) is 1.62. The molecule has 0 saturated heterocycles. The molecule has 0 amide bonds. The van der Waals surface area contributed by atoms with Gasteiger partial charge in [0.05, 0.1) is 11.6 Å². The van der Waals surface area contributed by atoms with E-state index in [9.17, 15) is 8.78 Å². The molecule has 0 radical (unpaired) electrons. The Morgan fingerprint density at radius 3 is 2.15 bits per heavy atom. The van der Waals surface area contributed by atoms with Gasteiger partial charge in [0.1, 0.15) is 11.6 Å². The zero-order valence-corrected chi connectivity index (χ0v) is 8.40. The van der Waals surface area contributed by atoms with Crippen LogP contribution in [0.3, 0.4) is 0 Å². The van der Waals surface area contributed by atoms with E-state index in [1.165, 1.54) is 0 Å². The van der Waals surface area contributed by atoms with Crippen molar-refractivity contribution in [3.05, 3.63) is 34.9 Å². The van der Waals surface area contributed by atoms with E-state index < -0.39 is 16.5 Å². The fraction of sp³-hybridized carbons (Fsp3) is 0.222. The van der Waals surface area contributed by atoms with Crippen molar-refractivity contribution in [2.75, 3.05) is 0 Å². The van der Waals surface area contributed by atoms with Crippen molar-refractivity contribution in [2.45, 2.75) is 11.8 Å². The first kappa shape index (κ1) is 10.1. The molecule has 0 bridgehead atoms. The summed E-state index contributed by atoms with van der Waals surface area (Å²) in [5.41, 5.74) is -0.0501. The second-order valence-corrected chi connectivity index (χ2v) is 3.95. The Morgan fingerprint density at radius 2 is 1.85 bits per heavy atom. The predicted octanol–water partition coefficient (Wildman–Crippen LogP) is 3.29. The summed E-state index contributed by atoms with van der Waals surface area (Å²) in [5.74, 6) is -1.39. The van der Waals surface area contributed by atoms with E-state index in [4.69, 9.17) is 5.26 Å². The minimum atomic E-state index is -0.694. The molecule has 68 valence electrons. The maximum atomic E-state index is 13.1. The third-order valence-electron chi connectivity index (χ3n) is 1.61. The van der Waals surface area contributed by atoms with E-state index >= 15 is 0 Å². The highest BCUT2D eigenvalue weighted by Crippen LogP contribution is 2.27. The van der Waals surface area contributed by atoms with Crippen molar-refractivity contribution < 1.29 is 8.78 Å². The van der Waals surface area contributed by atoms with Crippen LogP contribution >= 0.6 is 15.9 Å². The highest BCUT2D eigenvalue weighted by molar-refractivity contribution is 9.09. The van der Waals surface area contributed by atoms with Crippen LogP contribution in [0.5, 0.6) is 0 Å². The van der Waals surface area contributed by atoms with Crippen LogP contribution in [0.1, 0.15) is 22.9 Å². The van der Waals surface area contributed by atoms with Crippen molar-refractivity contribution in [3.8, 4) is 6.07 Å². The minimum absolute atomic E-state index is 0.00750. The predicted molar refractivity (Wildman–Crippen MR) is 48.4 cm³/mol. The van der Waals surface area contributed by atoms with Gasteiger partial charge in [0, 0.05) is 10.4 Å². The standard InChI is InChI=1S/C9H6BrF2N/c1-5(10)9-7(11)2-6(4-13)3-8(9)12/h2-3,5H,1H3. The van der Waals surface area contributed by atoms with Gasteiger partial charge in [-0.1, -0.05) is 15.9 Å². The summed E-state index contributed by atoms with van der Waals surface area (Å²) in [7, 11) is 0. The molecule has 1 rings (SSSR count). The van der Waals surface area contributed by atoms with E-state index in [1.807, 2.05) is 0 Å². The number of benzene rings is 1. The molecular formula is C9H6BrF2N. The lowest BCUT2D eigenvalue weighted by atomic mass is 10.1. The van der Waals surface area contributed by atoms with Crippen molar-refractivity contribution in [2.24, 2.45) is 0 Å². The average molecular weight is 246 g/mol. The van der Waals surface area contributed by atoms with Crippen LogP contribution in [0, 0.1) is 23.0 Å². The first-order valence-corrected chi connectivity index (χ1v) is 4.51. The van der Waals surface area contributed by atoms with Crippen LogP contribution in [0.2, 0.25) is 0 Å². The van der Waals surface area contributed by atoms with Gasteiger partial charge < -0.3 is 0 Å². The third-order valence-corrected chi connectivity index (χ3v) is 2.06. The van der Waals surface area contributed by atoms with Crippen molar-refractivity contribution in [1.29, 1.82) is 5.26 Å². The Bertz CT molecular complexity index is 345. The van der Waals surface area contributed by atoms with Crippen LogP contribution in [-0.2, 0) is 0 Å². The molecule has 1 aromatic rings. The molecule has 0 spiro atoms. The molecule has 1 atom stereocenters. The lowest BCUT2D eigenvalue weighted by Crippen LogP contribution is -1.97. The fourth-order valence-corrected chi connectivity index (χ4v) is 1.47. The molecule has 1 unspecified atom stereocenters. The number of hydrogen-bond donors (Lipinski definition) is 0. The van der Waals surface area contributed by atoms with Gasteiger partial charge in [-0.25, -0.2) is 8.78 Å². The Kier molecular flexibility index (Phi) is 2.99. The van der Waals surface area contributed by atoms with Gasteiger partial charge in [0.2, 0.25) is 0 Å². The second kappa shape index (κ2) is 3.84. The molecule has 0 heterocycles. The van der Waals surface area contributed by atoms with Crippen molar-refractivity contribution in [3.63, 3.8) is 0 Å². The zero-order chi connectivity index (χ0) is 10.0. The lowest BCUT2D eigenvalue weighted by Gasteiger charge is -2.06. The molecule has 0 aliphatic carbocycles. The van der Waals surface area contributed by atoms with E-state index in [0.29, 0.717) is 0 Å². The summed E-state index contributed by atoms with van der Waals surface area (Å²) in [6, 6.07) is 3.73. The van der Waals surface area contributed by atoms with Crippen LogP contribution in [0.15, 0.2) is 12.1 Å². The highest BCUT2D eigenvalue weighted by Gasteiger charge is 2.14. The van der Waals surface area contributed by atoms with Gasteiger partial charge in [0.15, 0.2) is 0 Å². The molecular weight excluding hydrogens is 240 g/mol. The number of nitrogens with zero attached hydrogens (tertiary/aromatic N) is 1. The number of nitriles is 1. The van der Waals surface area contributed by atoms with Gasteiger partial charge in [-0.3, -0.25) is 0 Å². The molecule has 0 saturated carbocycles. The number of halogens is 3. The molecule has 0 N–H and O–H groups in total. The Labute approximate surface area is 83.1 Å². The smallest absolute Gasteiger partial charge is 0.131 e. The van der Waals surface area contributed by atoms with Gasteiger partial charge in [0.25, 0.3) is 0 Å². The first-order chi connectivity index (χ1) is 6.06. The number of hydrogen-bond acceptors (Lipinski definition) is 1. The lowest BCUT2D eigenvalue weighted by molar-refractivity contribution is 0.557. The van der Waals surface area contributed by atoms with Gasteiger partial charge in [-0.15, -0.1) is 0 Å². The monoisotopic (exact) mass is 245 g/mol. The summed E-state index contributed by atoms with van der Waals surface area (Å²) in [5, 5.41) is 8.42. The molecule has 1 nitrogen and oxygen atoms in total. The highest BCUT2D eigenvalue weighted by atomic mass is 79.9. The maximum Gasteiger partial charge on any atom is 0.131 e. The largest absolute Gasteiger partial charge is 0.206 e. The van der Waals surface area contributed by atoms with E-state index in [2.05, 4.69) is 15.9 Å². The van der Waals surface area contributed by atoms with Crippen LogP contribution in [-0.4, -0.2) is 0 Å². The molecule has 0 aliphatic heterocycles. The molecule has 4 heteroatoms. The summed E-state index contributed by atoms with van der Waals surface area (Å²) < 4.78 is 26.3. The molecule has 1 aromatic carbocycles. The summed E-state index contributed by atoms with van der Waals surface area (Å²) >= 11 is 3.07. The van der Waals surface area contributed by atoms with Crippen LogP contribution in [0.25, 0.3) is 0 Å². The van der Waals surface area contributed by atoms with E-state index in [1.54, 1.807) is 13.0 Å². The zero-order valence-electron chi connectivity index (χ0n) is 6.81. The SMILES string of the molecule is CC(Br)c1c(F)cc(C#N)cc1F. The number of alkyl halides is 1. The first-order valence-electron chi connectivity index (χ1n) is 3.59. The van der Waals surface area contributed by atoms with Crippen LogP contribution < -0.4 is 0 Å². The fourth-order valence-electron chi connectivity index (χ4n) is 1.03. The Morgan fingerprint density at radius 1 is 1.38 bits per heavy atom. The molecule has 0 fully saturated rings. The second-order valence-electron chi connectivity index (χ2n) is 2.58. The molecule has 13 heavy (non-hydrogen) atoms. The quantitative estimate of drug-likeness (QED) is 0.697. The van der Waals surface area contributed by atoms with E-state index in [-0.39, 0.29) is 11.1 Å². The molecule has 0 aliphatic rings. The van der Waals surface area contributed by atoms with Crippen molar-refractivity contribution in [1.82, 2.24) is 0 Å².